The zero-order valence-electron chi connectivity index (χ0n) is 57.9. The largest absolute Gasteiger partial charge is 0.478 e. The first-order valence-corrected chi connectivity index (χ1v) is 34.1. The fourth-order valence-corrected chi connectivity index (χ4v) is 11.0. The number of carbonyl (C=O) groups is 5. The Bertz CT molecular complexity index is 4010. The Hall–Kier alpha value is -10.2. The van der Waals surface area contributed by atoms with Gasteiger partial charge in [0.15, 0.2) is 5.65 Å². The third-order valence-corrected chi connectivity index (χ3v) is 15.4. The number of aryl methyl sites for hydroxylation is 5. The van der Waals surface area contributed by atoms with Crippen molar-refractivity contribution in [2.45, 2.75) is 150 Å². The van der Waals surface area contributed by atoms with Gasteiger partial charge in [-0.1, -0.05) is 42.5 Å². The van der Waals surface area contributed by atoms with Gasteiger partial charge in [0, 0.05) is 98.1 Å². The molecule has 0 atom stereocenters. The Morgan fingerprint density at radius 3 is 1.47 bits per heavy atom. The smallest absolute Gasteiger partial charge is 0.416 e. The van der Waals surface area contributed by atoms with Gasteiger partial charge < -0.3 is 34.7 Å². The van der Waals surface area contributed by atoms with E-state index in [1.54, 1.807) is 64.0 Å². The second-order valence-corrected chi connectivity index (χ2v) is 27.5. The maximum absolute atomic E-state index is 12.5. The number of carbonyl (C=O) groups excluding carboxylic acids is 4. The van der Waals surface area contributed by atoms with E-state index in [0.29, 0.717) is 25.5 Å². The van der Waals surface area contributed by atoms with Crippen LogP contribution in [0.2, 0.25) is 0 Å². The molecule has 5 aliphatic heterocycles. The Balaban J connectivity index is 0.000000157. The summed E-state index contributed by atoms with van der Waals surface area (Å²) in [5.74, 6) is 2.73. The van der Waals surface area contributed by atoms with Gasteiger partial charge in [0.25, 0.3) is 0 Å². The topological polar surface area (TPSA) is 267 Å². The molecule has 13 rings (SSSR count). The van der Waals surface area contributed by atoms with Crippen molar-refractivity contribution in [2.24, 2.45) is 0 Å². The molecule has 0 bridgehead atoms. The van der Waals surface area contributed by atoms with Crippen LogP contribution < -0.4 is 25.3 Å². The van der Waals surface area contributed by atoms with Crippen LogP contribution in [0.5, 0.6) is 0 Å². The van der Waals surface area contributed by atoms with E-state index in [0.717, 1.165) is 148 Å². The normalized spacial score (nSPS) is 14.3. The van der Waals surface area contributed by atoms with Crippen LogP contribution in [-0.4, -0.2) is 120 Å². The summed E-state index contributed by atoms with van der Waals surface area (Å²) < 4.78 is 22.4. The molecule has 0 saturated heterocycles. The zero-order chi connectivity index (χ0) is 71.0. The highest BCUT2D eigenvalue weighted by atomic mass is 79.9. The lowest BCUT2D eigenvalue weighted by atomic mass is 10.0. The number of carboxylic acid groups (broad SMARTS) is 1. The van der Waals surface area contributed by atoms with E-state index in [2.05, 4.69) is 67.5 Å². The number of amides is 3. The molecule has 3 N–H and O–H groups in total. The van der Waals surface area contributed by atoms with Gasteiger partial charge in [-0.25, -0.2) is 58.9 Å². The molecule has 0 aliphatic carbocycles. The molecule has 99 heavy (non-hydrogen) atoms. The lowest BCUT2D eigenvalue weighted by molar-refractivity contribution is -0.139. The molecule has 22 nitrogen and oxygen atoms in total. The minimum Gasteiger partial charge on any atom is -0.478 e. The van der Waals surface area contributed by atoms with Crippen LogP contribution in [0.3, 0.4) is 0 Å². The SMILES string of the molecule is CC(C)(C)OC(=O)N1CCCc2cc(/C=C\C(=O)OCc3ccccc3)cnc21.CC(C)(C)OC(=O)N1CCCc2cc(Br)cnc21.CC(C)(C)OC(=O)N1CCCc2cccnc21.O=C(O)/C=C/c1cnc2c(c1)CCCN2.c1cnc2c(c1)CCCN2.c1cnc2ncccc2c1. The third-order valence-electron chi connectivity index (χ3n) is 15.0. The van der Waals surface area contributed by atoms with Gasteiger partial charge in [-0.15, -0.1) is 0 Å². The molecule has 0 saturated carbocycles. The molecule has 0 unspecified atom stereocenters. The predicted octanol–water partition coefficient (Wildman–Crippen LogP) is 15.4. The summed E-state index contributed by atoms with van der Waals surface area (Å²) in [5.41, 5.74) is 7.53. The van der Waals surface area contributed by atoms with Crippen LogP contribution in [-0.2, 0) is 67.2 Å². The van der Waals surface area contributed by atoms with Crippen LogP contribution in [0.15, 0.2) is 157 Å². The summed E-state index contributed by atoms with van der Waals surface area (Å²) in [7, 11) is 0. The van der Waals surface area contributed by atoms with Crippen molar-refractivity contribution in [1.29, 1.82) is 0 Å². The first-order valence-electron chi connectivity index (χ1n) is 33.3. The van der Waals surface area contributed by atoms with Gasteiger partial charge in [-0.05, 0) is 254 Å². The molecule has 7 aromatic heterocycles. The molecule has 3 amide bonds. The van der Waals surface area contributed by atoms with E-state index in [1.807, 2.05) is 160 Å². The van der Waals surface area contributed by atoms with Gasteiger partial charge in [-0.3, -0.25) is 14.7 Å². The Kier molecular flexibility index (Phi) is 27.1. The number of halogens is 1. The number of pyridine rings is 7. The number of anilines is 5. The zero-order valence-corrected chi connectivity index (χ0v) is 59.5. The van der Waals surface area contributed by atoms with Crippen molar-refractivity contribution >= 4 is 98.4 Å². The third kappa shape index (κ3) is 24.4. The quantitative estimate of drug-likeness (QED) is 0.0793. The number of aromatic nitrogens is 7. The van der Waals surface area contributed by atoms with Crippen molar-refractivity contribution in [3.8, 4) is 0 Å². The summed E-state index contributed by atoms with van der Waals surface area (Å²) in [6.07, 6.45) is 26.8. The number of aliphatic carboxylic acids is 1. The average Bonchev–Trinajstić information content (AvgIpc) is 0.826. The van der Waals surface area contributed by atoms with Crippen LogP contribution in [0, 0.1) is 0 Å². The number of hydrogen-bond donors (Lipinski definition) is 3. The van der Waals surface area contributed by atoms with Crippen LogP contribution in [0.25, 0.3) is 23.2 Å². The predicted molar refractivity (Wildman–Crippen MR) is 390 cm³/mol. The van der Waals surface area contributed by atoms with Gasteiger partial charge in [-0.2, -0.15) is 0 Å². The highest BCUT2D eigenvalue weighted by molar-refractivity contribution is 9.10. The molecule has 12 heterocycles. The average molecular weight is 1410 g/mol. The highest BCUT2D eigenvalue weighted by Gasteiger charge is 2.31. The summed E-state index contributed by atoms with van der Waals surface area (Å²) in [4.78, 5) is 93.4. The van der Waals surface area contributed by atoms with Crippen LogP contribution in [0.4, 0.5) is 43.5 Å². The van der Waals surface area contributed by atoms with E-state index in [4.69, 9.17) is 24.1 Å². The maximum Gasteiger partial charge on any atom is 0.416 e. The summed E-state index contributed by atoms with van der Waals surface area (Å²) in [6.45, 7) is 20.9. The minimum absolute atomic E-state index is 0.233. The van der Waals surface area contributed by atoms with E-state index >= 15 is 0 Å². The molecule has 8 aromatic rings. The molecule has 0 spiro atoms. The van der Waals surface area contributed by atoms with Crippen molar-refractivity contribution in [3.63, 3.8) is 0 Å². The molecule has 0 radical (unpaired) electrons. The fourth-order valence-electron chi connectivity index (χ4n) is 10.7. The van der Waals surface area contributed by atoms with E-state index < -0.39 is 34.8 Å². The molecule has 5 aliphatic rings. The Morgan fingerprint density at radius 2 is 0.929 bits per heavy atom. The van der Waals surface area contributed by atoms with Crippen LogP contribution >= 0.6 is 15.9 Å². The van der Waals surface area contributed by atoms with E-state index in [-0.39, 0.29) is 18.8 Å². The molecule has 1 aromatic carbocycles. The molecule has 520 valence electrons. The maximum atomic E-state index is 12.5. The first-order chi connectivity index (χ1) is 47.3. The molecular weight excluding hydrogens is 1320 g/mol. The number of nitrogens with one attached hydrogen (secondary N) is 2. The number of rotatable bonds is 6. The Labute approximate surface area is 587 Å². The lowest BCUT2D eigenvalue weighted by Gasteiger charge is -2.30. The fraction of sp³-hybridized carbons (Fsp3) is 0.368. The number of nitrogens with zero attached hydrogens (tertiary/aromatic N) is 10. The second kappa shape index (κ2) is 35.9. The number of esters is 1. The number of hydrogen-bond acceptors (Lipinski definition) is 18. The minimum atomic E-state index is -0.939. The van der Waals surface area contributed by atoms with Gasteiger partial charge >= 0.3 is 30.2 Å². The van der Waals surface area contributed by atoms with Gasteiger partial charge in [0.05, 0.1) is 0 Å². The monoisotopic (exact) mass is 1410 g/mol. The molecule has 0 fully saturated rings. The number of ether oxygens (including phenoxy) is 4. The Morgan fingerprint density at radius 1 is 0.485 bits per heavy atom. The van der Waals surface area contributed by atoms with E-state index in [1.165, 1.54) is 24.5 Å². The standard InChI is InChI=1S/C23H26N2O4.C13H17BrN2O2.C13H18N2O2.C11H12N2O2.C8H10N2.C8H6N2/c1-23(2,3)29-22(27)25-13-7-10-19-14-18(15-24-21(19)25)11-12-20(26)28-16-17-8-5-4-6-9-17;1-13(2,3)18-12(17)16-6-4-5-9-7-10(14)8-15-11(9)16;1-13(2,3)17-12(16)15-9-5-7-10-6-4-8-14-11(10)15;14-10(15)4-3-8-6-9-2-1-5-12-11(9)13-7-8;2*1-3-7-4-2-6-10-8(7)9-5-1/h4-6,8-9,11-12,14-15H,7,10,13,16H2,1-3H3;7-8H,4-6H2,1-3H3;4,6,8H,5,7,9H2,1-3H3;3-4,6-7H,1-2,5H2,(H,12,13)(H,14,15);1,3,5H,2,4,6H2,(H,9,10);1-6H/b12-11-;;;4-3+;;. The van der Waals surface area contributed by atoms with Gasteiger partial charge in [0.2, 0.25) is 0 Å². The summed E-state index contributed by atoms with van der Waals surface area (Å²) in [6, 6.07) is 31.3. The summed E-state index contributed by atoms with van der Waals surface area (Å²) in [5, 5.41) is 16.0. The number of benzene rings is 1. The van der Waals surface area contributed by atoms with Gasteiger partial charge in [0.1, 0.15) is 52.5 Å². The lowest BCUT2D eigenvalue weighted by Crippen LogP contribution is -2.40. The highest BCUT2D eigenvalue weighted by Crippen LogP contribution is 2.31. The summed E-state index contributed by atoms with van der Waals surface area (Å²) >= 11 is 3.40. The first kappa shape index (κ1) is 74.6. The van der Waals surface area contributed by atoms with Crippen LogP contribution in [0.1, 0.15) is 139 Å². The molecule has 23 heteroatoms. The van der Waals surface area contributed by atoms with Crippen molar-refractivity contribution in [2.75, 3.05) is 58.1 Å². The second-order valence-electron chi connectivity index (χ2n) is 26.6. The molecular formula is C76H89BrN12O10. The van der Waals surface area contributed by atoms with E-state index in [9.17, 15) is 24.0 Å². The van der Waals surface area contributed by atoms with Crippen molar-refractivity contribution < 1.29 is 48.0 Å². The van der Waals surface area contributed by atoms with Crippen molar-refractivity contribution in [1.82, 2.24) is 34.9 Å². The number of fused-ring (bicyclic) bond motifs is 6. The number of carboxylic acids is 1. The van der Waals surface area contributed by atoms with Crippen molar-refractivity contribution in [3.05, 3.63) is 202 Å².